The van der Waals surface area contributed by atoms with E-state index in [1.165, 1.54) is 24.3 Å². The molecule has 3 rings (SSSR count). The molecule has 0 radical (unpaired) electrons. The number of amides is 1. The highest BCUT2D eigenvalue weighted by molar-refractivity contribution is 6.05. The summed E-state index contributed by atoms with van der Waals surface area (Å²) < 4.78 is 10.5. The number of morpholine rings is 1. The van der Waals surface area contributed by atoms with Crippen LogP contribution in [0.2, 0.25) is 0 Å². The number of nitrogens with one attached hydrogen (secondary N) is 1. The van der Waals surface area contributed by atoms with Crippen LogP contribution < -0.4 is 10.2 Å². The number of nitro benzene ring substituents is 1. The van der Waals surface area contributed by atoms with Crippen LogP contribution in [0.3, 0.4) is 0 Å². The van der Waals surface area contributed by atoms with Crippen LogP contribution in [-0.2, 0) is 9.47 Å². The maximum absolute atomic E-state index is 12.5. The quantitative estimate of drug-likeness (QED) is 0.452. The highest BCUT2D eigenvalue weighted by atomic mass is 16.6. The van der Waals surface area contributed by atoms with E-state index in [1.807, 2.05) is 4.90 Å². The van der Waals surface area contributed by atoms with Gasteiger partial charge in [0, 0.05) is 36.5 Å². The number of non-ortho nitro benzene ring substituents is 1. The molecule has 9 nitrogen and oxygen atoms in total. The third kappa shape index (κ3) is 4.88. The number of rotatable bonds is 6. The zero-order valence-electron chi connectivity index (χ0n) is 15.9. The van der Waals surface area contributed by atoms with Gasteiger partial charge in [-0.05, 0) is 37.3 Å². The number of nitro groups is 1. The molecule has 1 amide bonds. The number of benzene rings is 2. The topological polar surface area (TPSA) is 111 Å². The third-order valence-electron chi connectivity index (χ3n) is 4.44. The molecule has 2 aromatic carbocycles. The van der Waals surface area contributed by atoms with Gasteiger partial charge in [0.2, 0.25) is 0 Å². The molecule has 152 valence electrons. The van der Waals surface area contributed by atoms with E-state index in [0.29, 0.717) is 37.6 Å². The lowest BCUT2D eigenvalue weighted by atomic mass is 10.1. The maximum Gasteiger partial charge on any atom is 0.340 e. The molecular formula is C20H21N3O6. The van der Waals surface area contributed by atoms with Gasteiger partial charge < -0.3 is 19.7 Å². The monoisotopic (exact) mass is 399 g/mol. The Bertz CT molecular complexity index is 907. The van der Waals surface area contributed by atoms with Gasteiger partial charge >= 0.3 is 5.97 Å². The smallest absolute Gasteiger partial charge is 0.340 e. The Labute approximate surface area is 167 Å². The van der Waals surface area contributed by atoms with Crippen molar-refractivity contribution in [1.82, 2.24) is 0 Å². The van der Waals surface area contributed by atoms with Crippen LogP contribution in [0.15, 0.2) is 42.5 Å². The van der Waals surface area contributed by atoms with Crippen molar-refractivity contribution in [2.75, 3.05) is 43.1 Å². The summed E-state index contributed by atoms with van der Waals surface area (Å²) in [5.74, 6) is -0.908. The second kappa shape index (κ2) is 9.16. The Morgan fingerprint density at radius 2 is 1.86 bits per heavy atom. The summed E-state index contributed by atoms with van der Waals surface area (Å²) in [5.41, 5.74) is 1.68. The fraction of sp³-hybridized carbons (Fsp3) is 0.300. The molecule has 0 aliphatic carbocycles. The Morgan fingerprint density at radius 3 is 2.48 bits per heavy atom. The zero-order valence-corrected chi connectivity index (χ0v) is 15.9. The SMILES string of the molecule is CCOC(=O)c1cc(NC(=O)c2ccc([N+](=O)[O-])cc2)ccc1N1CCOCC1. The highest BCUT2D eigenvalue weighted by Gasteiger charge is 2.21. The van der Waals surface area contributed by atoms with Crippen molar-refractivity contribution in [2.45, 2.75) is 6.92 Å². The second-order valence-corrected chi connectivity index (χ2v) is 6.31. The largest absolute Gasteiger partial charge is 0.462 e. The molecule has 1 fully saturated rings. The number of carbonyl (C=O) groups excluding carboxylic acids is 2. The van der Waals surface area contributed by atoms with Gasteiger partial charge in [-0.3, -0.25) is 14.9 Å². The van der Waals surface area contributed by atoms with E-state index in [1.54, 1.807) is 25.1 Å². The molecule has 1 heterocycles. The van der Waals surface area contributed by atoms with E-state index in [9.17, 15) is 19.7 Å². The van der Waals surface area contributed by atoms with Crippen LogP contribution in [0.5, 0.6) is 0 Å². The van der Waals surface area contributed by atoms with E-state index in [4.69, 9.17) is 9.47 Å². The Kier molecular flexibility index (Phi) is 6.40. The molecular weight excluding hydrogens is 378 g/mol. The van der Waals surface area contributed by atoms with E-state index in [-0.39, 0.29) is 17.9 Å². The lowest BCUT2D eigenvalue weighted by molar-refractivity contribution is -0.384. The molecule has 1 aliphatic rings. The lowest BCUT2D eigenvalue weighted by Crippen LogP contribution is -2.37. The molecule has 0 bridgehead atoms. The predicted molar refractivity (Wildman–Crippen MR) is 106 cm³/mol. The Morgan fingerprint density at radius 1 is 1.17 bits per heavy atom. The van der Waals surface area contributed by atoms with Crippen molar-refractivity contribution in [2.24, 2.45) is 0 Å². The number of esters is 1. The molecule has 0 spiro atoms. The van der Waals surface area contributed by atoms with Crippen LogP contribution in [0.4, 0.5) is 17.1 Å². The summed E-state index contributed by atoms with van der Waals surface area (Å²) in [7, 11) is 0. The highest BCUT2D eigenvalue weighted by Crippen LogP contribution is 2.26. The number of carbonyl (C=O) groups is 2. The van der Waals surface area contributed by atoms with Crippen molar-refractivity contribution in [3.8, 4) is 0 Å². The molecule has 1 aliphatic heterocycles. The average Bonchev–Trinajstić information content (AvgIpc) is 2.74. The molecule has 1 saturated heterocycles. The van der Waals surface area contributed by atoms with Gasteiger partial charge in [0.25, 0.3) is 11.6 Å². The van der Waals surface area contributed by atoms with Crippen LogP contribution >= 0.6 is 0 Å². The third-order valence-corrected chi connectivity index (χ3v) is 4.44. The molecule has 2 aromatic rings. The number of hydrogen-bond acceptors (Lipinski definition) is 7. The van der Waals surface area contributed by atoms with E-state index < -0.39 is 16.8 Å². The van der Waals surface area contributed by atoms with Crippen LogP contribution in [-0.4, -0.2) is 49.7 Å². The minimum absolute atomic E-state index is 0.0963. The lowest BCUT2D eigenvalue weighted by Gasteiger charge is -2.30. The summed E-state index contributed by atoms with van der Waals surface area (Å²) in [6.07, 6.45) is 0. The molecule has 9 heteroatoms. The van der Waals surface area contributed by atoms with Gasteiger partial charge in [0.05, 0.1) is 36.0 Å². The first-order chi connectivity index (χ1) is 14.0. The Hall–Kier alpha value is -3.46. The fourth-order valence-electron chi connectivity index (χ4n) is 3.00. The van der Waals surface area contributed by atoms with Gasteiger partial charge in [0.15, 0.2) is 0 Å². The summed E-state index contributed by atoms with van der Waals surface area (Å²) in [6, 6.07) is 10.3. The number of hydrogen-bond donors (Lipinski definition) is 1. The van der Waals surface area contributed by atoms with Crippen molar-refractivity contribution < 1.29 is 24.0 Å². The summed E-state index contributed by atoms with van der Waals surface area (Å²) in [4.78, 5) is 37.2. The molecule has 0 saturated carbocycles. The van der Waals surface area contributed by atoms with Crippen molar-refractivity contribution in [3.63, 3.8) is 0 Å². The second-order valence-electron chi connectivity index (χ2n) is 6.31. The molecule has 29 heavy (non-hydrogen) atoms. The number of nitrogens with zero attached hydrogens (tertiary/aromatic N) is 2. The first-order valence-electron chi connectivity index (χ1n) is 9.19. The molecule has 0 unspecified atom stereocenters. The van der Waals surface area contributed by atoms with Gasteiger partial charge in [-0.15, -0.1) is 0 Å². The van der Waals surface area contributed by atoms with Crippen molar-refractivity contribution >= 4 is 28.9 Å². The van der Waals surface area contributed by atoms with Gasteiger partial charge in [-0.2, -0.15) is 0 Å². The predicted octanol–water partition coefficient (Wildman–Crippen LogP) is 2.86. The molecule has 0 atom stereocenters. The van der Waals surface area contributed by atoms with E-state index in [0.717, 1.165) is 5.69 Å². The first-order valence-corrected chi connectivity index (χ1v) is 9.19. The maximum atomic E-state index is 12.5. The fourth-order valence-corrected chi connectivity index (χ4v) is 3.00. The van der Waals surface area contributed by atoms with Crippen molar-refractivity contribution in [3.05, 3.63) is 63.7 Å². The van der Waals surface area contributed by atoms with E-state index in [2.05, 4.69) is 5.32 Å². The van der Waals surface area contributed by atoms with Crippen LogP contribution in [0, 0.1) is 10.1 Å². The Balaban J connectivity index is 1.83. The first kappa shape index (κ1) is 20.3. The van der Waals surface area contributed by atoms with Crippen LogP contribution in [0.1, 0.15) is 27.6 Å². The number of anilines is 2. The van der Waals surface area contributed by atoms with E-state index >= 15 is 0 Å². The zero-order chi connectivity index (χ0) is 20.8. The minimum atomic E-state index is -0.530. The van der Waals surface area contributed by atoms with Crippen LogP contribution in [0.25, 0.3) is 0 Å². The summed E-state index contributed by atoms with van der Waals surface area (Å²) in [6.45, 7) is 4.41. The molecule has 0 aromatic heterocycles. The normalized spacial score (nSPS) is 13.6. The van der Waals surface area contributed by atoms with Gasteiger partial charge in [0.1, 0.15) is 0 Å². The average molecular weight is 399 g/mol. The van der Waals surface area contributed by atoms with Gasteiger partial charge in [-0.25, -0.2) is 4.79 Å². The van der Waals surface area contributed by atoms with Crippen molar-refractivity contribution in [1.29, 1.82) is 0 Å². The van der Waals surface area contributed by atoms with Gasteiger partial charge in [-0.1, -0.05) is 0 Å². The summed E-state index contributed by atoms with van der Waals surface area (Å²) in [5, 5.41) is 13.5. The summed E-state index contributed by atoms with van der Waals surface area (Å²) >= 11 is 0. The molecule has 1 N–H and O–H groups in total. The minimum Gasteiger partial charge on any atom is -0.462 e. The number of ether oxygens (including phenoxy) is 2. The standard InChI is InChI=1S/C20H21N3O6/c1-2-29-20(25)17-13-15(5-8-18(17)22-9-11-28-12-10-22)21-19(24)14-3-6-16(7-4-14)23(26)27/h3-8,13H,2,9-12H2,1H3,(H,21,24).